The fourth-order valence-electron chi connectivity index (χ4n) is 6.18. The van der Waals surface area contributed by atoms with E-state index in [0.717, 1.165) is 0 Å². The van der Waals surface area contributed by atoms with E-state index in [9.17, 15) is 28.8 Å². The highest BCUT2D eigenvalue weighted by molar-refractivity contribution is 6.10. The van der Waals surface area contributed by atoms with Gasteiger partial charge < -0.3 is 9.47 Å². The van der Waals surface area contributed by atoms with Crippen LogP contribution < -0.4 is 4.90 Å². The highest BCUT2D eigenvalue weighted by Crippen LogP contribution is 2.40. The van der Waals surface area contributed by atoms with E-state index in [2.05, 4.69) is 0 Å². The third-order valence-electron chi connectivity index (χ3n) is 8.94. The summed E-state index contributed by atoms with van der Waals surface area (Å²) < 4.78 is 381. The average molecular weight is 833 g/mol. The Labute approximate surface area is 421 Å². The van der Waals surface area contributed by atoms with Crippen LogP contribution in [-0.4, -0.2) is 4.57 Å². The van der Waals surface area contributed by atoms with Gasteiger partial charge in [-0.25, -0.2) is 0 Å². The van der Waals surface area contributed by atoms with Gasteiger partial charge in [0.25, 0.3) is 0 Å². The Hall–Kier alpha value is -8.20. The maximum atomic E-state index is 9.91. The zero-order chi connectivity index (χ0) is 77.8. The summed E-state index contributed by atoms with van der Waals surface area (Å²) in [5.74, 6) is 0. The van der Waals surface area contributed by atoms with Crippen molar-refractivity contribution < 1.29 is 57.6 Å². The fourth-order valence-corrected chi connectivity index (χ4v) is 6.18. The second-order valence-electron chi connectivity index (χ2n) is 12.5. The van der Waals surface area contributed by atoms with Crippen LogP contribution in [0.25, 0.3) is 83.1 Å². The van der Waals surface area contributed by atoms with E-state index in [0.29, 0.717) is 4.57 Å². The smallest absolute Gasteiger partial charge is 0.0645 e. The van der Waals surface area contributed by atoms with Crippen molar-refractivity contribution in [2.45, 2.75) is 0 Å². The molecular weight excluding hydrogens is 749 g/mol. The third kappa shape index (κ3) is 6.94. The molecule has 0 spiro atoms. The molecule has 0 aliphatic carbocycles. The SMILES string of the molecule is [2H]c1c([2H])c([2H])c(-c2c([2H])c([2H])c(N(c3c([2H])c([2H])c(-c4c([2H])c([2H])c([2H])c([2H])c4-c4c([2H])c([2H])c([2H])c([2H])c4[2H])c([2H])c3[2H])c3c([2H])c([2H])c(-c4c([2H])c([2H])c5c(c4[2H])c4c([2H])c([2H])c([2H])c([2H])c4n5-c4c([2H])c([2H])c(-c5c([2H])c([2H])c([2H])c([2H])c5[2H])c([2H])c4[2H])c([2H])c3[2H])c([2H])c2[2H])c([2H])c1[2H]. The van der Waals surface area contributed by atoms with Crippen LogP contribution in [-0.2, 0) is 0 Å². The molecule has 0 unspecified atom stereocenters. The zero-order valence-corrected chi connectivity index (χ0v) is 30.9. The zero-order valence-electron chi connectivity index (χ0n) is 72.9. The van der Waals surface area contributed by atoms with Crippen molar-refractivity contribution in [3.63, 3.8) is 0 Å². The summed E-state index contributed by atoms with van der Waals surface area (Å²) >= 11 is 0. The molecule has 1 aromatic heterocycles. The van der Waals surface area contributed by atoms with Gasteiger partial charge in [0, 0.05) is 33.5 Å². The Morgan fingerprint density at radius 2 is 0.629 bits per heavy atom. The van der Waals surface area contributed by atoms with Crippen molar-refractivity contribution in [1.29, 1.82) is 0 Å². The Bertz CT molecular complexity index is 5630. The molecule has 11 rings (SSSR count). The van der Waals surface area contributed by atoms with E-state index in [-0.39, 0.29) is 4.90 Å². The Kier molecular flexibility index (Phi) is 3.48. The lowest BCUT2D eigenvalue weighted by molar-refractivity contribution is 1.18. The number of fused-ring (bicyclic) bond motifs is 3. The molecular formula is C60H42N2. The summed E-state index contributed by atoms with van der Waals surface area (Å²) in [6.07, 6.45) is 0. The van der Waals surface area contributed by atoms with Crippen LogP contribution in [0, 0.1) is 0 Å². The minimum atomic E-state index is -1.48. The molecule has 1 heterocycles. The van der Waals surface area contributed by atoms with E-state index < -0.39 is 354 Å². The molecule has 0 fully saturated rings. The first-order chi connectivity index (χ1) is 48.2. The summed E-state index contributed by atoms with van der Waals surface area (Å²) in [5.41, 5.74) is -16.5. The minimum Gasteiger partial charge on any atom is -0.311 e. The molecule has 2 heteroatoms. The quantitative estimate of drug-likeness (QED) is 0.141. The van der Waals surface area contributed by atoms with Crippen molar-refractivity contribution in [2.24, 2.45) is 0 Å². The van der Waals surface area contributed by atoms with Gasteiger partial charge in [0.1, 0.15) is 0 Å². The van der Waals surface area contributed by atoms with E-state index in [1.165, 1.54) is 0 Å². The highest BCUT2D eigenvalue weighted by atomic mass is 15.1. The standard InChI is InChI=1S/C60H42N2/c1-4-14-43(15-5-1)45-24-33-51(34-25-45)61(53-39-30-49(31-40-53)56-21-11-10-20-55(56)48-18-8-3-9-19-48)52-35-28-47(29-36-52)50-32-41-60-58(42-50)57-22-12-13-23-59(57)62(60)54-37-26-46(27-38-54)44-16-6-2-7-17-44/h1-42H/i1D,2D,3D,4D,5D,6D,7D,8D,9D,10D,11D,12D,13D,14D,15D,16D,17D,18D,19D,20D,21D,22D,23D,24D,25D,26D,27D,28D,29D,30D,31D,32D,33D,34D,35D,36D,37D,38D,39D,40D,41D,42D. The lowest BCUT2D eigenvalue weighted by atomic mass is 9.94. The fraction of sp³-hybridized carbons (Fsp3) is 0. The molecule has 0 bridgehead atoms. The second-order valence-corrected chi connectivity index (χ2v) is 12.5. The maximum Gasteiger partial charge on any atom is 0.0645 e. The van der Waals surface area contributed by atoms with Gasteiger partial charge in [-0.15, -0.1) is 0 Å². The molecule has 10 aromatic carbocycles. The molecule has 292 valence electrons. The first kappa shape index (κ1) is 13.4. The maximum absolute atomic E-state index is 9.91. The van der Waals surface area contributed by atoms with Crippen LogP contribution in [0.1, 0.15) is 57.6 Å². The molecule has 0 N–H and O–H groups in total. The minimum absolute atomic E-state index is 0.158. The topological polar surface area (TPSA) is 8.17 Å². The van der Waals surface area contributed by atoms with Crippen molar-refractivity contribution in [2.75, 3.05) is 4.90 Å². The number of para-hydroxylation sites is 1. The van der Waals surface area contributed by atoms with Crippen LogP contribution in [0.4, 0.5) is 17.1 Å². The molecule has 11 aromatic rings. The first-order valence-electron chi connectivity index (χ1n) is 38.8. The second kappa shape index (κ2) is 16.1. The van der Waals surface area contributed by atoms with Crippen LogP contribution in [0.15, 0.2) is 254 Å². The van der Waals surface area contributed by atoms with Gasteiger partial charge in [-0.3, -0.25) is 0 Å². The summed E-state index contributed by atoms with van der Waals surface area (Å²) in [7, 11) is 0. The van der Waals surface area contributed by atoms with Gasteiger partial charge in [-0.1, -0.05) is 187 Å². The number of benzene rings is 10. The summed E-state index contributed by atoms with van der Waals surface area (Å²) in [4.78, 5) is 0.158. The van der Waals surface area contributed by atoms with Crippen molar-refractivity contribution in [3.8, 4) is 61.3 Å². The largest absolute Gasteiger partial charge is 0.311 e. The molecule has 0 aliphatic rings. The average Bonchev–Trinajstić information content (AvgIpc) is 1.46. The van der Waals surface area contributed by atoms with Gasteiger partial charge >= 0.3 is 0 Å². The lowest BCUT2D eigenvalue weighted by Gasteiger charge is -2.26. The number of hydrogen-bond donors (Lipinski definition) is 0. The molecule has 0 aliphatic heterocycles. The first-order valence-corrected chi connectivity index (χ1v) is 17.8. The predicted molar refractivity (Wildman–Crippen MR) is 263 cm³/mol. The number of aromatic nitrogens is 1. The highest BCUT2D eigenvalue weighted by Gasteiger charge is 2.17. The molecule has 0 atom stereocenters. The van der Waals surface area contributed by atoms with Crippen molar-refractivity contribution in [1.82, 2.24) is 4.57 Å². The van der Waals surface area contributed by atoms with Crippen molar-refractivity contribution >= 4 is 38.9 Å². The van der Waals surface area contributed by atoms with Gasteiger partial charge in [-0.2, -0.15) is 0 Å². The number of rotatable bonds is 9. The summed E-state index contributed by atoms with van der Waals surface area (Å²) in [6, 6.07) is -48.8. The van der Waals surface area contributed by atoms with E-state index >= 15 is 0 Å². The Morgan fingerprint density at radius 1 is 0.274 bits per heavy atom. The lowest BCUT2D eigenvalue weighted by Crippen LogP contribution is -2.09. The third-order valence-corrected chi connectivity index (χ3v) is 8.94. The Morgan fingerprint density at radius 3 is 1.16 bits per heavy atom. The van der Waals surface area contributed by atoms with Gasteiger partial charge in [0.05, 0.1) is 68.6 Å². The van der Waals surface area contributed by atoms with Gasteiger partial charge in [0.15, 0.2) is 0 Å². The van der Waals surface area contributed by atoms with Crippen LogP contribution in [0.3, 0.4) is 0 Å². The van der Waals surface area contributed by atoms with Crippen LogP contribution in [0.2, 0.25) is 0 Å². The molecule has 62 heavy (non-hydrogen) atoms. The predicted octanol–water partition coefficient (Wildman–Crippen LogP) is 16.6. The molecule has 0 amide bonds. The van der Waals surface area contributed by atoms with Gasteiger partial charge in [0.2, 0.25) is 0 Å². The van der Waals surface area contributed by atoms with Crippen LogP contribution in [0.5, 0.6) is 0 Å². The Balaban J connectivity index is 1.27. The van der Waals surface area contributed by atoms with Crippen LogP contribution >= 0.6 is 0 Å². The summed E-state index contributed by atoms with van der Waals surface area (Å²) in [5, 5.41) is -1.58. The number of anilines is 3. The number of nitrogens with zero attached hydrogens (tertiary/aromatic N) is 2. The van der Waals surface area contributed by atoms with Gasteiger partial charge in [-0.05, 0) is 122 Å². The number of hydrogen-bond acceptors (Lipinski definition) is 1. The molecule has 0 radical (unpaired) electrons. The molecule has 2 nitrogen and oxygen atoms in total. The summed E-state index contributed by atoms with van der Waals surface area (Å²) in [6.45, 7) is 0. The van der Waals surface area contributed by atoms with E-state index in [4.69, 9.17) is 28.8 Å². The van der Waals surface area contributed by atoms with E-state index in [1.54, 1.807) is 0 Å². The van der Waals surface area contributed by atoms with E-state index in [1.807, 2.05) is 0 Å². The monoisotopic (exact) mass is 833 g/mol. The van der Waals surface area contributed by atoms with Crippen molar-refractivity contribution in [3.05, 3.63) is 254 Å². The normalized spacial score (nSPS) is 20.7. The molecule has 0 saturated carbocycles. The molecule has 0 saturated heterocycles.